The van der Waals surface area contributed by atoms with Crippen LogP contribution in [0.5, 0.6) is 0 Å². The summed E-state index contributed by atoms with van der Waals surface area (Å²) in [6.45, 7) is 12.0. The molecule has 0 bridgehead atoms. The largest absolute Gasteiger partial charge is 0.492 e. The summed E-state index contributed by atoms with van der Waals surface area (Å²) in [7, 11) is -0.508. The number of hydrogen-bond acceptors (Lipinski definition) is 4. The molecule has 0 unspecified atom stereocenters. The van der Waals surface area contributed by atoms with Crippen molar-refractivity contribution in [3.63, 3.8) is 0 Å². The molecule has 1 aliphatic heterocycles. The van der Waals surface area contributed by atoms with Crippen LogP contribution in [0.15, 0.2) is 23.8 Å². The van der Waals surface area contributed by atoms with Crippen LogP contribution in [-0.4, -0.2) is 41.0 Å². The van der Waals surface area contributed by atoms with Gasteiger partial charge < -0.3 is 14.6 Å². The van der Waals surface area contributed by atoms with Crippen molar-refractivity contribution in [3.8, 4) is 0 Å². The van der Waals surface area contributed by atoms with Crippen LogP contribution in [0.2, 0.25) is 0 Å². The van der Waals surface area contributed by atoms with E-state index >= 15 is 0 Å². The average molecular weight is 355 g/mol. The highest BCUT2D eigenvalue weighted by molar-refractivity contribution is 6.56. The zero-order chi connectivity index (χ0) is 19.1. The van der Waals surface area contributed by atoms with E-state index in [2.05, 4.69) is 27.6 Å². The normalized spacial score (nSPS) is 19.2. The van der Waals surface area contributed by atoms with E-state index in [0.29, 0.717) is 6.54 Å². The first-order valence-corrected chi connectivity index (χ1v) is 8.83. The van der Waals surface area contributed by atoms with Gasteiger partial charge >= 0.3 is 7.12 Å². The number of amides is 1. The third-order valence-electron chi connectivity index (χ3n) is 5.27. The predicted octanol–water partition coefficient (Wildman–Crippen LogP) is 3.02. The minimum atomic E-state index is -0.508. The van der Waals surface area contributed by atoms with Crippen LogP contribution >= 0.6 is 0 Å². The van der Waals surface area contributed by atoms with Crippen LogP contribution in [0.3, 0.4) is 0 Å². The molecule has 1 aromatic heterocycles. The Balaban J connectivity index is 1.98. The summed E-state index contributed by atoms with van der Waals surface area (Å²) >= 11 is 0. The zero-order valence-electron chi connectivity index (χ0n) is 16.3. The quantitative estimate of drug-likeness (QED) is 0.827. The van der Waals surface area contributed by atoms with Crippen LogP contribution < -0.4 is 5.32 Å². The fourth-order valence-corrected chi connectivity index (χ4v) is 2.90. The Morgan fingerprint density at radius 1 is 1.27 bits per heavy atom. The molecule has 1 saturated heterocycles. The van der Waals surface area contributed by atoms with Gasteiger partial charge in [0.15, 0.2) is 0 Å². The van der Waals surface area contributed by atoms with E-state index < -0.39 is 18.3 Å². The third kappa shape index (κ3) is 3.55. The summed E-state index contributed by atoms with van der Waals surface area (Å²) in [5.41, 5.74) is 3.17. The lowest BCUT2D eigenvalue weighted by Gasteiger charge is -2.32. The van der Waals surface area contributed by atoms with Crippen molar-refractivity contribution in [2.45, 2.75) is 52.7 Å². The maximum Gasteiger partial charge on any atom is 0.492 e. The predicted molar refractivity (Wildman–Crippen MR) is 104 cm³/mol. The minimum absolute atomic E-state index is 0.0885. The monoisotopic (exact) mass is 355 g/mol. The molecule has 0 atom stereocenters. The van der Waals surface area contributed by atoms with Crippen molar-refractivity contribution >= 4 is 30.0 Å². The molecule has 1 amide bonds. The lowest BCUT2D eigenvalue weighted by atomic mass is 9.76. The first-order chi connectivity index (χ1) is 12.1. The minimum Gasteiger partial charge on any atom is -0.400 e. The Morgan fingerprint density at radius 2 is 1.92 bits per heavy atom. The standard InChI is InChI=1S/C19H26BN3O3/c1-12-7-17-15(10-22-23-17)8-14(12)9-16(11-21-13(2)24)20-25-18(3,4)19(5,6)26-20/h7-10H,11H2,1-6H3,(H,21,24)(H,22,23). The number of aryl methyl sites for hydroxylation is 1. The highest BCUT2D eigenvalue weighted by Gasteiger charge is 2.52. The summed E-state index contributed by atoms with van der Waals surface area (Å²) in [6.07, 6.45) is 3.84. The molecule has 0 spiro atoms. The SMILES string of the molecule is CC(=O)NCC(=Cc1cc2cn[nH]c2cc1C)B1OC(C)(C)C(C)(C)O1. The second-order valence-electron chi connectivity index (χ2n) is 7.88. The molecule has 1 aromatic carbocycles. The van der Waals surface area contributed by atoms with Crippen molar-refractivity contribution in [1.29, 1.82) is 0 Å². The summed E-state index contributed by atoms with van der Waals surface area (Å²) in [5, 5.41) is 11.0. The van der Waals surface area contributed by atoms with Crippen LogP contribution in [0.1, 0.15) is 45.7 Å². The molecule has 0 aliphatic carbocycles. The second-order valence-corrected chi connectivity index (χ2v) is 7.88. The van der Waals surface area contributed by atoms with Crippen molar-refractivity contribution < 1.29 is 14.1 Å². The van der Waals surface area contributed by atoms with Gasteiger partial charge in [0.25, 0.3) is 0 Å². The molecular formula is C19H26BN3O3. The van der Waals surface area contributed by atoms with Crippen molar-refractivity contribution in [2.75, 3.05) is 6.54 Å². The van der Waals surface area contributed by atoms with Crippen molar-refractivity contribution in [2.24, 2.45) is 0 Å². The molecule has 0 radical (unpaired) electrons. The van der Waals surface area contributed by atoms with E-state index in [1.165, 1.54) is 6.92 Å². The molecule has 2 aromatic rings. The van der Waals surface area contributed by atoms with E-state index in [0.717, 1.165) is 27.5 Å². The Hall–Kier alpha value is -2.12. The molecule has 0 saturated carbocycles. The van der Waals surface area contributed by atoms with Gasteiger partial charge in [-0.1, -0.05) is 6.08 Å². The Kier molecular flexibility index (Phi) is 4.71. The number of nitrogens with zero attached hydrogens (tertiary/aromatic N) is 1. The number of benzene rings is 1. The van der Waals surface area contributed by atoms with Gasteiger partial charge in [-0.15, -0.1) is 0 Å². The molecule has 6 nitrogen and oxygen atoms in total. The fourth-order valence-electron chi connectivity index (χ4n) is 2.90. The summed E-state index contributed by atoms with van der Waals surface area (Å²) in [5.74, 6) is -0.0885. The number of aromatic amines is 1. The van der Waals surface area contributed by atoms with E-state index in [1.54, 1.807) is 6.20 Å². The van der Waals surface area contributed by atoms with Gasteiger partial charge in [0.05, 0.1) is 22.9 Å². The van der Waals surface area contributed by atoms with Crippen LogP contribution in [0.25, 0.3) is 17.0 Å². The highest BCUT2D eigenvalue weighted by Crippen LogP contribution is 2.39. The van der Waals surface area contributed by atoms with Gasteiger partial charge in [-0.2, -0.15) is 5.10 Å². The number of H-pyrrole nitrogens is 1. The maximum atomic E-state index is 11.4. The zero-order valence-corrected chi connectivity index (χ0v) is 16.3. The average Bonchev–Trinajstić information content (AvgIpc) is 3.04. The number of hydrogen-bond donors (Lipinski definition) is 2. The summed E-state index contributed by atoms with van der Waals surface area (Å²) in [4.78, 5) is 11.4. The molecular weight excluding hydrogens is 329 g/mol. The van der Waals surface area contributed by atoms with Gasteiger partial charge in [-0.25, -0.2) is 0 Å². The smallest absolute Gasteiger partial charge is 0.400 e. The number of aromatic nitrogens is 2. The topological polar surface area (TPSA) is 76.2 Å². The second kappa shape index (κ2) is 6.56. The molecule has 3 rings (SSSR count). The van der Waals surface area contributed by atoms with Gasteiger partial charge in [0.1, 0.15) is 0 Å². The lowest BCUT2D eigenvalue weighted by Crippen LogP contribution is -2.41. The molecule has 1 fully saturated rings. The number of nitrogens with one attached hydrogen (secondary N) is 2. The van der Waals surface area contributed by atoms with Gasteiger partial charge in [0, 0.05) is 18.9 Å². The van der Waals surface area contributed by atoms with Crippen LogP contribution in [0.4, 0.5) is 0 Å². The van der Waals surface area contributed by atoms with Crippen LogP contribution in [0, 0.1) is 6.92 Å². The molecule has 2 heterocycles. The van der Waals surface area contributed by atoms with Gasteiger partial charge in [-0.3, -0.25) is 9.89 Å². The first kappa shape index (κ1) is 18.7. The maximum absolute atomic E-state index is 11.4. The molecule has 1 aliphatic rings. The number of carbonyl (C=O) groups excluding carboxylic acids is 1. The third-order valence-corrected chi connectivity index (χ3v) is 5.27. The van der Waals surface area contributed by atoms with E-state index in [1.807, 2.05) is 40.7 Å². The summed E-state index contributed by atoms with van der Waals surface area (Å²) < 4.78 is 12.4. The first-order valence-electron chi connectivity index (χ1n) is 8.83. The Labute approximate surface area is 154 Å². The molecule has 138 valence electrons. The van der Waals surface area contributed by atoms with E-state index in [-0.39, 0.29) is 5.91 Å². The lowest BCUT2D eigenvalue weighted by molar-refractivity contribution is -0.118. The van der Waals surface area contributed by atoms with Crippen LogP contribution in [-0.2, 0) is 14.1 Å². The van der Waals surface area contributed by atoms with Gasteiger partial charge in [0.2, 0.25) is 5.91 Å². The van der Waals surface area contributed by atoms with Crippen molar-refractivity contribution in [3.05, 3.63) is 34.9 Å². The summed E-state index contributed by atoms with van der Waals surface area (Å²) in [6, 6.07) is 4.14. The number of rotatable bonds is 4. The number of fused-ring (bicyclic) bond motifs is 1. The van der Waals surface area contributed by atoms with E-state index in [9.17, 15) is 4.79 Å². The van der Waals surface area contributed by atoms with Crippen molar-refractivity contribution in [1.82, 2.24) is 15.5 Å². The highest BCUT2D eigenvalue weighted by atomic mass is 16.7. The fraction of sp³-hybridized carbons (Fsp3) is 0.474. The Bertz CT molecular complexity index is 854. The Morgan fingerprint density at radius 3 is 2.54 bits per heavy atom. The van der Waals surface area contributed by atoms with Gasteiger partial charge in [-0.05, 0) is 63.4 Å². The molecule has 7 heteroatoms. The van der Waals surface area contributed by atoms with E-state index in [4.69, 9.17) is 9.31 Å². The molecule has 2 N–H and O–H groups in total. The molecule has 26 heavy (non-hydrogen) atoms. The number of carbonyl (C=O) groups is 1.